The standard InChI is InChI=1S/C13H19NO2/c1-10(9-14(15)16)11-5-7-12(8-6-11)13(2,3)4/h5-8,10H,9H2,1-4H3. The molecule has 0 N–H and O–H groups in total. The van der Waals surface area contributed by atoms with Crippen LogP contribution in [0.5, 0.6) is 0 Å². The minimum Gasteiger partial charge on any atom is -0.265 e. The third-order valence-electron chi connectivity index (χ3n) is 2.77. The molecular weight excluding hydrogens is 202 g/mol. The molecule has 0 bridgehead atoms. The quantitative estimate of drug-likeness (QED) is 0.580. The normalized spacial score (nSPS) is 13.5. The van der Waals surface area contributed by atoms with Crippen molar-refractivity contribution >= 4 is 0 Å². The van der Waals surface area contributed by atoms with Crippen LogP contribution < -0.4 is 0 Å². The molecule has 0 saturated carbocycles. The molecule has 3 heteroatoms. The second-order valence-electron chi connectivity index (χ2n) is 5.29. The first kappa shape index (κ1) is 12.7. The molecule has 0 amide bonds. The Hall–Kier alpha value is -1.38. The molecule has 88 valence electrons. The molecule has 0 aliphatic heterocycles. The Morgan fingerprint density at radius 1 is 1.25 bits per heavy atom. The summed E-state index contributed by atoms with van der Waals surface area (Å²) in [5.74, 6) is -0.0241. The van der Waals surface area contributed by atoms with Gasteiger partial charge in [-0.3, -0.25) is 10.1 Å². The summed E-state index contributed by atoms with van der Waals surface area (Å²) in [5.41, 5.74) is 2.42. The van der Waals surface area contributed by atoms with Crippen molar-refractivity contribution in [3.63, 3.8) is 0 Å². The van der Waals surface area contributed by atoms with Crippen LogP contribution in [-0.2, 0) is 5.41 Å². The van der Waals surface area contributed by atoms with Crippen LogP contribution in [0.1, 0.15) is 44.7 Å². The van der Waals surface area contributed by atoms with Gasteiger partial charge in [0.25, 0.3) is 0 Å². The lowest BCUT2D eigenvalue weighted by Gasteiger charge is -2.19. The number of nitrogens with zero attached hydrogens (tertiary/aromatic N) is 1. The number of hydrogen-bond donors (Lipinski definition) is 0. The average molecular weight is 221 g/mol. The highest BCUT2D eigenvalue weighted by molar-refractivity contribution is 5.29. The van der Waals surface area contributed by atoms with E-state index in [-0.39, 0.29) is 22.8 Å². The lowest BCUT2D eigenvalue weighted by molar-refractivity contribution is -0.482. The van der Waals surface area contributed by atoms with Crippen LogP contribution in [0.4, 0.5) is 0 Å². The summed E-state index contributed by atoms with van der Waals surface area (Å²) in [4.78, 5) is 10.2. The maximum absolute atomic E-state index is 10.4. The molecule has 0 aromatic heterocycles. The second kappa shape index (κ2) is 4.64. The number of rotatable bonds is 3. The van der Waals surface area contributed by atoms with Crippen molar-refractivity contribution in [2.24, 2.45) is 0 Å². The topological polar surface area (TPSA) is 43.1 Å². The summed E-state index contributed by atoms with van der Waals surface area (Å²) in [6, 6.07) is 8.11. The Morgan fingerprint density at radius 2 is 1.75 bits per heavy atom. The van der Waals surface area contributed by atoms with Crippen LogP contribution >= 0.6 is 0 Å². The molecule has 16 heavy (non-hydrogen) atoms. The Labute approximate surface area is 96.6 Å². The molecule has 0 spiro atoms. The van der Waals surface area contributed by atoms with E-state index in [1.54, 1.807) is 0 Å². The predicted octanol–water partition coefficient (Wildman–Crippen LogP) is 3.36. The SMILES string of the molecule is CC(C[N+](=O)[O-])c1ccc(C(C)(C)C)cc1. The second-order valence-corrected chi connectivity index (χ2v) is 5.29. The van der Waals surface area contributed by atoms with E-state index in [0.29, 0.717) is 0 Å². The summed E-state index contributed by atoms with van der Waals surface area (Å²) in [6.07, 6.45) is 0. The fourth-order valence-corrected chi connectivity index (χ4v) is 1.64. The van der Waals surface area contributed by atoms with E-state index in [2.05, 4.69) is 32.9 Å². The highest BCUT2D eigenvalue weighted by Crippen LogP contribution is 2.24. The maximum atomic E-state index is 10.4. The Kier molecular flexibility index (Phi) is 3.68. The molecule has 1 atom stereocenters. The molecule has 0 aliphatic rings. The van der Waals surface area contributed by atoms with Gasteiger partial charge < -0.3 is 0 Å². The molecule has 1 aromatic carbocycles. The molecule has 0 radical (unpaired) electrons. The highest BCUT2D eigenvalue weighted by Gasteiger charge is 2.15. The fraction of sp³-hybridized carbons (Fsp3) is 0.538. The number of nitro groups is 1. The Morgan fingerprint density at radius 3 is 2.12 bits per heavy atom. The third-order valence-corrected chi connectivity index (χ3v) is 2.77. The van der Waals surface area contributed by atoms with Crippen LogP contribution in [0, 0.1) is 10.1 Å². The molecule has 0 heterocycles. The Balaban J connectivity index is 2.83. The van der Waals surface area contributed by atoms with Crippen molar-refractivity contribution < 1.29 is 4.92 Å². The fourth-order valence-electron chi connectivity index (χ4n) is 1.64. The van der Waals surface area contributed by atoms with Gasteiger partial charge in [-0.25, -0.2) is 0 Å². The van der Waals surface area contributed by atoms with Crippen LogP contribution in [0.3, 0.4) is 0 Å². The summed E-state index contributed by atoms with van der Waals surface area (Å²) in [6.45, 7) is 8.34. The molecule has 3 nitrogen and oxygen atoms in total. The van der Waals surface area contributed by atoms with Crippen LogP contribution in [0.25, 0.3) is 0 Å². The monoisotopic (exact) mass is 221 g/mol. The summed E-state index contributed by atoms with van der Waals surface area (Å²) in [7, 11) is 0. The van der Waals surface area contributed by atoms with Gasteiger partial charge in [0.2, 0.25) is 6.54 Å². The van der Waals surface area contributed by atoms with E-state index in [1.807, 2.05) is 19.1 Å². The predicted molar refractivity (Wildman–Crippen MR) is 65.4 cm³/mol. The largest absolute Gasteiger partial charge is 0.265 e. The minimum atomic E-state index is -0.262. The van der Waals surface area contributed by atoms with Gasteiger partial charge in [-0.05, 0) is 16.5 Å². The van der Waals surface area contributed by atoms with Gasteiger partial charge in [-0.15, -0.1) is 0 Å². The molecule has 1 aromatic rings. The summed E-state index contributed by atoms with van der Waals surface area (Å²) in [5, 5.41) is 10.4. The zero-order valence-electron chi connectivity index (χ0n) is 10.4. The van der Waals surface area contributed by atoms with E-state index in [4.69, 9.17) is 0 Å². The molecule has 1 unspecified atom stereocenters. The van der Waals surface area contributed by atoms with Crippen molar-refractivity contribution in [1.82, 2.24) is 0 Å². The lowest BCUT2D eigenvalue weighted by Crippen LogP contribution is -2.12. The van der Waals surface area contributed by atoms with E-state index in [0.717, 1.165) is 5.56 Å². The zero-order valence-corrected chi connectivity index (χ0v) is 10.4. The molecule has 0 saturated heterocycles. The average Bonchev–Trinajstić information content (AvgIpc) is 2.15. The van der Waals surface area contributed by atoms with Crippen LogP contribution in [0.2, 0.25) is 0 Å². The molecule has 0 aliphatic carbocycles. The summed E-state index contributed by atoms with van der Waals surface area (Å²) < 4.78 is 0. The smallest absolute Gasteiger partial charge is 0.210 e. The van der Waals surface area contributed by atoms with Gasteiger partial charge in [-0.1, -0.05) is 52.0 Å². The maximum Gasteiger partial charge on any atom is 0.210 e. The first-order valence-corrected chi connectivity index (χ1v) is 5.53. The van der Waals surface area contributed by atoms with E-state index < -0.39 is 0 Å². The van der Waals surface area contributed by atoms with Crippen LogP contribution in [-0.4, -0.2) is 11.5 Å². The van der Waals surface area contributed by atoms with Gasteiger partial charge in [0.1, 0.15) is 0 Å². The first-order valence-electron chi connectivity index (χ1n) is 5.53. The van der Waals surface area contributed by atoms with Crippen molar-refractivity contribution in [2.75, 3.05) is 6.54 Å². The first-order chi connectivity index (χ1) is 7.30. The van der Waals surface area contributed by atoms with Gasteiger partial charge in [-0.2, -0.15) is 0 Å². The van der Waals surface area contributed by atoms with Gasteiger partial charge >= 0.3 is 0 Å². The summed E-state index contributed by atoms with van der Waals surface area (Å²) >= 11 is 0. The third kappa shape index (κ3) is 3.33. The van der Waals surface area contributed by atoms with Crippen molar-refractivity contribution in [3.8, 4) is 0 Å². The minimum absolute atomic E-state index is 0.00509. The van der Waals surface area contributed by atoms with Crippen molar-refractivity contribution in [2.45, 2.75) is 39.0 Å². The van der Waals surface area contributed by atoms with E-state index >= 15 is 0 Å². The van der Waals surface area contributed by atoms with Gasteiger partial charge in [0.15, 0.2) is 0 Å². The highest BCUT2D eigenvalue weighted by atomic mass is 16.6. The zero-order chi connectivity index (χ0) is 12.3. The Bertz CT molecular complexity index is 363. The van der Waals surface area contributed by atoms with Crippen LogP contribution in [0.15, 0.2) is 24.3 Å². The van der Waals surface area contributed by atoms with Gasteiger partial charge in [0.05, 0.1) is 0 Å². The van der Waals surface area contributed by atoms with Crippen molar-refractivity contribution in [3.05, 3.63) is 45.5 Å². The molecule has 0 fully saturated rings. The van der Waals surface area contributed by atoms with Gasteiger partial charge in [0, 0.05) is 10.8 Å². The van der Waals surface area contributed by atoms with Crippen molar-refractivity contribution in [1.29, 1.82) is 0 Å². The number of benzene rings is 1. The number of hydrogen-bond acceptors (Lipinski definition) is 2. The lowest BCUT2D eigenvalue weighted by atomic mass is 9.86. The molecule has 1 rings (SSSR count). The van der Waals surface area contributed by atoms with E-state index in [9.17, 15) is 10.1 Å². The van der Waals surface area contributed by atoms with E-state index in [1.165, 1.54) is 5.56 Å². The molecular formula is C13H19NO2.